The zero-order valence-corrected chi connectivity index (χ0v) is 17.7. The lowest BCUT2D eigenvalue weighted by atomic mass is 9.97. The molecule has 0 amide bonds. The molecule has 0 unspecified atom stereocenters. The van der Waals surface area contributed by atoms with E-state index in [2.05, 4.69) is 44.7 Å². The van der Waals surface area contributed by atoms with Crippen molar-refractivity contribution < 1.29 is 9.84 Å². The van der Waals surface area contributed by atoms with Gasteiger partial charge in [0.05, 0.1) is 13.2 Å². The first kappa shape index (κ1) is 20.4. The summed E-state index contributed by atoms with van der Waals surface area (Å²) in [4.78, 5) is 2.27. The number of phenolic OH excluding ortho intramolecular Hbond substituents is 1. The van der Waals surface area contributed by atoms with E-state index < -0.39 is 0 Å². The van der Waals surface area contributed by atoms with Gasteiger partial charge in [0.25, 0.3) is 0 Å². The third kappa shape index (κ3) is 4.00. The monoisotopic (exact) mass is 427 g/mol. The van der Waals surface area contributed by atoms with Crippen LogP contribution in [-0.2, 0) is 4.74 Å². The SMILES string of the molecule is Oc1ccccc1[C@@H](c1nnnn1C(c1ccccc1)c1ccccc1)N1CCOCC1. The van der Waals surface area contributed by atoms with Crippen molar-refractivity contribution in [2.45, 2.75) is 12.1 Å². The lowest BCUT2D eigenvalue weighted by molar-refractivity contribution is 0.0211. The fourth-order valence-corrected chi connectivity index (χ4v) is 4.36. The van der Waals surface area contributed by atoms with E-state index in [1.54, 1.807) is 6.07 Å². The Labute approximate surface area is 186 Å². The summed E-state index contributed by atoms with van der Waals surface area (Å²) in [6.45, 7) is 2.72. The Morgan fingerprint density at radius 2 is 1.34 bits per heavy atom. The average molecular weight is 428 g/mol. The first-order valence-electron chi connectivity index (χ1n) is 10.8. The van der Waals surface area contributed by atoms with Crippen LogP contribution < -0.4 is 0 Å². The highest BCUT2D eigenvalue weighted by molar-refractivity contribution is 5.39. The molecular weight excluding hydrogens is 402 g/mol. The largest absolute Gasteiger partial charge is 0.508 e. The number of nitrogens with zero attached hydrogens (tertiary/aromatic N) is 5. The number of phenols is 1. The summed E-state index contributed by atoms with van der Waals surface area (Å²) in [5.41, 5.74) is 2.96. The van der Waals surface area contributed by atoms with Crippen LogP contribution in [-0.4, -0.2) is 56.5 Å². The van der Waals surface area contributed by atoms with Gasteiger partial charge in [-0.3, -0.25) is 4.90 Å². The molecule has 1 aliphatic heterocycles. The van der Waals surface area contributed by atoms with Crippen molar-refractivity contribution in [2.24, 2.45) is 0 Å². The summed E-state index contributed by atoms with van der Waals surface area (Å²) in [7, 11) is 0. The molecule has 3 aromatic carbocycles. The smallest absolute Gasteiger partial charge is 0.174 e. The second-order valence-electron chi connectivity index (χ2n) is 7.82. The van der Waals surface area contributed by atoms with Gasteiger partial charge in [0.15, 0.2) is 5.82 Å². The Morgan fingerprint density at radius 1 is 0.750 bits per heavy atom. The maximum atomic E-state index is 10.7. The van der Waals surface area contributed by atoms with Crippen LogP contribution in [0.2, 0.25) is 0 Å². The first-order valence-corrected chi connectivity index (χ1v) is 10.8. The fraction of sp³-hybridized carbons (Fsp3) is 0.240. The predicted molar refractivity (Wildman–Crippen MR) is 120 cm³/mol. The van der Waals surface area contributed by atoms with Gasteiger partial charge in [-0.25, -0.2) is 4.68 Å². The highest BCUT2D eigenvalue weighted by Gasteiger charge is 2.33. The van der Waals surface area contributed by atoms with E-state index in [4.69, 9.17) is 4.74 Å². The minimum atomic E-state index is -0.301. The number of hydrogen-bond acceptors (Lipinski definition) is 6. The van der Waals surface area contributed by atoms with Gasteiger partial charge in [-0.2, -0.15) is 0 Å². The number of benzene rings is 3. The summed E-state index contributed by atoms with van der Waals surface area (Å²) < 4.78 is 7.47. The van der Waals surface area contributed by atoms with Gasteiger partial charge in [0, 0.05) is 18.7 Å². The van der Waals surface area contributed by atoms with Crippen molar-refractivity contribution in [2.75, 3.05) is 26.3 Å². The number of rotatable bonds is 6. The maximum Gasteiger partial charge on any atom is 0.174 e. The van der Waals surface area contributed by atoms with Gasteiger partial charge in [-0.05, 0) is 27.6 Å². The van der Waals surface area contributed by atoms with Crippen molar-refractivity contribution in [3.05, 3.63) is 107 Å². The third-order valence-electron chi connectivity index (χ3n) is 5.88. The molecule has 0 aliphatic carbocycles. The first-order chi connectivity index (χ1) is 15.8. The summed E-state index contributed by atoms with van der Waals surface area (Å²) in [5, 5.41) is 23.8. The Morgan fingerprint density at radius 3 is 1.97 bits per heavy atom. The lowest BCUT2D eigenvalue weighted by Crippen LogP contribution is -2.41. The van der Waals surface area contributed by atoms with Crippen molar-refractivity contribution in [3.63, 3.8) is 0 Å². The molecular formula is C25H25N5O2. The Hall–Kier alpha value is -3.55. The van der Waals surface area contributed by atoms with Crippen molar-refractivity contribution in [1.82, 2.24) is 25.1 Å². The number of para-hydroxylation sites is 1. The summed E-state index contributed by atoms with van der Waals surface area (Å²) in [6, 6.07) is 27.4. The van der Waals surface area contributed by atoms with Crippen LogP contribution in [0.3, 0.4) is 0 Å². The van der Waals surface area contributed by atoms with E-state index in [1.165, 1.54) is 0 Å². The second kappa shape index (κ2) is 9.30. The molecule has 1 saturated heterocycles. The van der Waals surface area contributed by atoms with Crippen molar-refractivity contribution in [1.29, 1.82) is 0 Å². The number of aromatic hydroxyl groups is 1. The summed E-state index contributed by atoms with van der Waals surface area (Å²) >= 11 is 0. The molecule has 4 aromatic rings. The van der Waals surface area contributed by atoms with Crippen molar-refractivity contribution in [3.8, 4) is 5.75 Å². The molecule has 1 aliphatic rings. The quantitative estimate of drug-likeness (QED) is 0.508. The van der Waals surface area contributed by atoms with Crippen LogP contribution in [0.4, 0.5) is 0 Å². The van der Waals surface area contributed by atoms with E-state index in [1.807, 2.05) is 59.3 Å². The molecule has 1 atom stereocenters. The Bertz CT molecular complexity index is 1100. The van der Waals surface area contributed by atoms with Crippen LogP contribution in [0, 0.1) is 0 Å². The van der Waals surface area contributed by atoms with Gasteiger partial charge in [0.2, 0.25) is 0 Å². The van der Waals surface area contributed by atoms with Crippen LogP contribution >= 0.6 is 0 Å². The number of ether oxygens (including phenoxy) is 1. The number of tetrazole rings is 1. The average Bonchev–Trinajstić information content (AvgIpc) is 3.32. The molecule has 0 bridgehead atoms. The van der Waals surface area contributed by atoms with Crippen molar-refractivity contribution >= 4 is 0 Å². The molecule has 0 spiro atoms. The van der Waals surface area contributed by atoms with Gasteiger partial charge in [0.1, 0.15) is 17.8 Å². The molecule has 0 saturated carbocycles. The van der Waals surface area contributed by atoms with E-state index in [0.717, 1.165) is 29.8 Å². The summed E-state index contributed by atoms with van der Waals surface area (Å²) in [6.07, 6.45) is 0. The van der Waals surface area contributed by atoms with Gasteiger partial charge >= 0.3 is 0 Å². The molecule has 1 fully saturated rings. The lowest BCUT2D eigenvalue weighted by Gasteiger charge is -2.35. The zero-order chi connectivity index (χ0) is 21.8. The summed E-state index contributed by atoms with van der Waals surface area (Å²) in [5.74, 6) is 0.917. The molecule has 0 radical (unpaired) electrons. The standard InChI is InChI=1S/C25H25N5O2/c31-22-14-8-7-13-21(22)24(29-15-17-32-18-16-29)25-26-27-28-30(25)23(19-9-3-1-4-10-19)20-11-5-2-6-12-20/h1-14,23-24,31H,15-18H2/t24-/m0/s1. The molecule has 2 heterocycles. The minimum absolute atomic E-state index is 0.197. The number of aromatic nitrogens is 4. The molecule has 7 nitrogen and oxygen atoms in total. The molecule has 162 valence electrons. The highest BCUT2D eigenvalue weighted by atomic mass is 16.5. The molecule has 1 N–H and O–H groups in total. The van der Waals surface area contributed by atoms with Gasteiger partial charge in [-0.15, -0.1) is 5.10 Å². The van der Waals surface area contributed by atoms with E-state index in [-0.39, 0.29) is 17.8 Å². The number of morpholine rings is 1. The second-order valence-corrected chi connectivity index (χ2v) is 7.82. The van der Waals surface area contributed by atoms with Crippen LogP contribution in [0.1, 0.15) is 34.6 Å². The molecule has 32 heavy (non-hydrogen) atoms. The topological polar surface area (TPSA) is 76.3 Å². The Kier molecular flexibility index (Phi) is 5.91. The van der Waals surface area contributed by atoms with E-state index in [0.29, 0.717) is 19.0 Å². The van der Waals surface area contributed by atoms with Crippen LogP contribution in [0.5, 0.6) is 5.75 Å². The molecule has 7 heteroatoms. The fourth-order valence-electron chi connectivity index (χ4n) is 4.36. The normalized spacial score (nSPS) is 15.7. The molecule has 5 rings (SSSR count). The Balaban J connectivity index is 1.67. The highest BCUT2D eigenvalue weighted by Crippen LogP contribution is 2.36. The van der Waals surface area contributed by atoms with Crippen LogP contribution in [0.15, 0.2) is 84.9 Å². The van der Waals surface area contributed by atoms with Crippen LogP contribution in [0.25, 0.3) is 0 Å². The maximum absolute atomic E-state index is 10.7. The van der Waals surface area contributed by atoms with Gasteiger partial charge < -0.3 is 9.84 Å². The van der Waals surface area contributed by atoms with E-state index >= 15 is 0 Å². The zero-order valence-electron chi connectivity index (χ0n) is 17.7. The predicted octanol–water partition coefficient (Wildman–Crippen LogP) is 3.44. The minimum Gasteiger partial charge on any atom is -0.508 e. The third-order valence-corrected chi connectivity index (χ3v) is 5.88. The van der Waals surface area contributed by atoms with E-state index in [9.17, 15) is 5.11 Å². The number of hydrogen-bond donors (Lipinski definition) is 1. The molecule has 1 aromatic heterocycles. The van der Waals surface area contributed by atoms with Gasteiger partial charge in [-0.1, -0.05) is 78.9 Å².